The van der Waals surface area contributed by atoms with Gasteiger partial charge < -0.3 is 25.4 Å². The summed E-state index contributed by atoms with van der Waals surface area (Å²) < 4.78 is 112. The molecule has 0 radical (unpaired) electrons. The van der Waals surface area contributed by atoms with Crippen LogP contribution in [0.4, 0.5) is 52.0 Å². The maximum atomic E-state index is 11.5. The molecular formula is C32H32N10O14S4. The van der Waals surface area contributed by atoms with E-state index in [1.807, 2.05) is 0 Å². The molecule has 0 fully saturated rings. The Balaban J connectivity index is 1.44. The average Bonchev–Trinajstić information content (AvgIpc) is 3.18. The summed E-state index contributed by atoms with van der Waals surface area (Å²) in [6.07, 6.45) is 0. The summed E-state index contributed by atoms with van der Waals surface area (Å²) >= 11 is 0.716. The number of hydrogen-bond donors (Lipinski definition) is 7. The van der Waals surface area contributed by atoms with E-state index in [4.69, 9.17) is 14.7 Å². The summed E-state index contributed by atoms with van der Waals surface area (Å²) in [5, 5.41) is 37.0. The molecule has 0 atom stereocenters. The topological polar surface area (TPSA) is 344 Å². The standard InChI is InChI=1S/C32H32N10O14S4/c1-53-28-18-22(41-40-21-5-3-7-25(17-21)60(50,51)52)8-10-26(28)34-31-36-30(33-12-14-58(44,45)46)37-32(38-31)35-27-11-9-23(19-29(27)54-13-15-59(47,48)49)42-39-20-4-2-6-24(16-20)57-56-55-43/h2-11,16-19,43H,12-15H2,1H3,(H,44,45,46)(H,47,48,49)(H,50,51,52)(H3,33,34,35,36,37,38). The second-order valence-corrected chi connectivity index (χ2v) is 16.9. The molecule has 5 aromatic rings. The Labute approximate surface area is 345 Å². The van der Waals surface area contributed by atoms with E-state index < -0.39 is 48.5 Å². The third-order valence-electron chi connectivity index (χ3n) is 7.18. The molecule has 318 valence electrons. The van der Waals surface area contributed by atoms with E-state index in [9.17, 15) is 38.9 Å². The van der Waals surface area contributed by atoms with Crippen molar-refractivity contribution in [3.63, 3.8) is 0 Å². The molecule has 0 bridgehead atoms. The van der Waals surface area contributed by atoms with Crippen LogP contribution in [0, 0.1) is 0 Å². The van der Waals surface area contributed by atoms with Crippen molar-refractivity contribution in [1.29, 1.82) is 0 Å². The van der Waals surface area contributed by atoms with Crippen LogP contribution in [-0.4, -0.2) is 90.9 Å². The number of hydrogen-bond acceptors (Lipinski definition) is 22. The molecule has 0 aliphatic rings. The van der Waals surface area contributed by atoms with Gasteiger partial charge in [-0.1, -0.05) is 17.2 Å². The zero-order valence-corrected chi connectivity index (χ0v) is 33.8. The first kappa shape index (κ1) is 45.1. The van der Waals surface area contributed by atoms with Gasteiger partial charge in [0.2, 0.25) is 17.8 Å². The SMILES string of the molecule is COc1cc(N=Nc2cccc(S(=O)(=O)O)c2)ccc1Nc1nc(NCCS(=O)(=O)O)nc(Nc2ccc(N=Nc3cccc(SOOO)c3)cc2OCCS(=O)(=O)O)n1. The summed E-state index contributed by atoms with van der Waals surface area (Å²) in [5.74, 6) is -1.66. The number of rotatable bonds is 21. The molecule has 0 unspecified atom stereocenters. The van der Waals surface area contributed by atoms with Crippen LogP contribution in [0.3, 0.4) is 0 Å². The van der Waals surface area contributed by atoms with E-state index in [1.54, 1.807) is 24.3 Å². The fourth-order valence-corrected chi connectivity index (χ4v) is 6.17. The summed E-state index contributed by atoms with van der Waals surface area (Å²) in [4.78, 5) is 13.1. The predicted molar refractivity (Wildman–Crippen MR) is 214 cm³/mol. The average molecular weight is 909 g/mol. The molecule has 1 aromatic heterocycles. The molecule has 4 aromatic carbocycles. The zero-order chi connectivity index (χ0) is 43.3. The molecule has 5 rings (SSSR count). The lowest BCUT2D eigenvalue weighted by Gasteiger charge is -2.15. The van der Waals surface area contributed by atoms with Gasteiger partial charge in [0.1, 0.15) is 23.9 Å². The maximum Gasteiger partial charge on any atom is 0.294 e. The number of nitrogens with one attached hydrogen (secondary N) is 3. The lowest BCUT2D eigenvalue weighted by Crippen LogP contribution is -2.17. The van der Waals surface area contributed by atoms with Crippen molar-refractivity contribution in [3.8, 4) is 11.5 Å². The lowest BCUT2D eigenvalue weighted by atomic mass is 10.2. The van der Waals surface area contributed by atoms with Crippen molar-refractivity contribution >= 4 is 94.4 Å². The summed E-state index contributed by atoms with van der Waals surface area (Å²) in [5.41, 5.74) is 1.51. The van der Waals surface area contributed by atoms with Gasteiger partial charge in [-0.2, -0.15) is 60.7 Å². The van der Waals surface area contributed by atoms with Crippen LogP contribution in [0.5, 0.6) is 11.5 Å². The Morgan fingerprint density at radius 2 is 1.18 bits per heavy atom. The van der Waals surface area contributed by atoms with Gasteiger partial charge in [-0.05, 0) is 60.7 Å². The fourth-order valence-electron chi connectivity index (χ4n) is 4.59. The van der Waals surface area contributed by atoms with Gasteiger partial charge in [0, 0.05) is 23.6 Å². The summed E-state index contributed by atoms with van der Waals surface area (Å²) in [7, 11) is -11.9. The minimum atomic E-state index is -4.46. The number of anilines is 5. The minimum absolute atomic E-state index is 0.0137. The molecule has 28 heteroatoms. The van der Waals surface area contributed by atoms with Gasteiger partial charge in [-0.15, -0.1) is 4.33 Å². The van der Waals surface area contributed by atoms with E-state index >= 15 is 0 Å². The first-order chi connectivity index (χ1) is 28.5. The Morgan fingerprint density at radius 3 is 1.75 bits per heavy atom. The van der Waals surface area contributed by atoms with Crippen LogP contribution in [0.25, 0.3) is 0 Å². The highest BCUT2D eigenvalue weighted by Gasteiger charge is 2.16. The number of methoxy groups -OCH3 is 1. The normalized spacial score (nSPS) is 12.2. The van der Waals surface area contributed by atoms with Gasteiger partial charge in [-0.3, -0.25) is 13.7 Å². The minimum Gasteiger partial charge on any atom is -0.494 e. The number of ether oxygens (including phenoxy) is 2. The van der Waals surface area contributed by atoms with E-state index in [0.29, 0.717) is 28.3 Å². The monoisotopic (exact) mass is 908 g/mol. The highest BCUT2D eigenvalue weighted by molar-refractivity contribution is 7.94. The molecule has 0 amide bonds. The maximum absolute atomic E-state index is 11.5. The number of nitrogens with zero attached hydrogens (tertiary/aromatic N) is 7. The first-order valence-electron chi connectivity index (χ1n) is 16.5. The van der Waals surface area contributed by atoms with Gasteiger partial charge >= 0.3 is 0 Å². The van der Waals surface area contributed by atoms with Crippen molar-refractivity contribution in [3.05, 3.63) is 84.9 Å². The van der Waals surface area contributed by atoms with Crippen molar-refractivity contribution in [1.82, 2.24) is 15.0 Å². The van der Waals surface area contributed by atoms with Crippen LogP contribution < -0.4 is 25.4 Å². The molecule has 0 spiro atoms. The molecule has 0 aliphatic heterocycles. The Morgan fingerprint density at radius 1 is 0.650 bits per heavy atom. The molecule has 0 saturated heterocycles. The molecule has 7 N–H and O–H groups in total. The van der Waals surface area contributed by atoms with Crippen LogP contribution in [0.1, 0.15) is 0 Å². The summed E-state index contributed by atoms with van der Waals surface area (Å²) in [6, 6.07) is 20.6. The van der Waals surface area contributed by atoms with Crippen molar-refractivity contribution in [2.24, 2.45) is 20.5 Å². The van der Waals surface area contributed by atoms with Crippen LogP contribution in [-0.2, 0) is 39.7 Å². The van der Waals surface area contributed by atoms with Gasteiger partial charge in [0.15, 0.2) is 0 Å². The first-order valence-corrected chi connectivity index (χ1v) is 21.9. The molecule has 0 aliphatic carbocycles. The molecule has 1 heterocycles. The molecule has 60 heavy (non-hydrogen) atoms. The Bertz CT molecular complexity index is 2710. The Kier molecular flexibility index (Phi) is 15.3. The van der Waals surface area contributed by atoms with Crippen LogP contribution in [0.2, 0.25) is 0 Å². The second kappa shape index (κ2) is 20.3. The summed E-state index contributed by atoms with van der Waals surface area (Å²) in [6.45, 7) is -0.801. The van der Waals surface area contributed by atoms with Crippen molar-refractivity contribution < 1.29 is 63.0 Å². The fraction of sp³-hybridized carbons (Fsp3) is 0.156. The third-order valence-corrected chi connectivity index (χ3v) is 10.0. The van der Waals surface area contributed by atoms with Crippen LogP contribution >= 0.6 is 12.0 Å². The van der Waals surface area contributed by atoms with E-state index in [-0.39, 0.29) is 63.5 Å². The van der Waals surface area contributed by atoms with Gasteiger partial charge in [0.05, 0.1) is 63.9 Å². The number of benzene rings is 4. The largest absolute Gasteiger partial charge is 0.494 e. The lowest BCUT2D eigenvalue weighted by molar-refractivity contribution is -0.432. The smallest absolute Gasteiger partial charge is 0.294 e. The van der Waals surface area contributed by atoms with Crippen LogP contribution in [0.15, 0.2) is 115 Å². The highest BCUT2D eigenvalue weighted by atomic mass is 32.2. The number of azo groups is 2. The van der Waals surface area contributed by atoms with E-state index in [0.717, 1.165) is 6.07 Å². The quantitative estimate of drug-likeness (QED) is 0.0137. The van der Waals surface area contributed by atoms with E-state index in [1.165, 1.54) is 61.7 Å². The number of aromatic nitrogens is 3. The zero-order valence-electron chi connectivity index (χ0n) is 30.5. The third kappa shape index (κ3) is 14.7. The van der Waals surface area contributed by atoms with Crippen molar-refractivity contribution in [2.75, 3.05) is 47.7 Å². The Hall–Kier alpha value is -5.95. The van der Waals surface area contributed by atoms with E-state index in [2.05, 4.69) is 60.7 Å². The highest BCUT2D eigenvalue weighted by Crippen LogP contribution is 2.35. The molecular weight excluding hydrogens is 877 g/mol. The van der Waals surface area contributed by atoms with Crippen molar-refractivity contribution in [2.45, 2.75) is 9.79 Å². The predicted octanol–water partition coefficient (Wildman–Crippen LogP) is 6.44. The van der Waals surface area contributed by atoms with Gasteiger partial charge in [-0.25, -0.2) is 5.26 Å². The van der Waals surface area contributed by atoms with Gasteiger partial charge in [0.25, 0.3) is 30.4 Å². The molecule has 0 saturated carbocycles. The second-order valence-electron chi connectivity index (χ2n) is 11.6. The molecule has 24 nitrogen and oxygen atoms in total.